The maximum Gasteiger partial charge on any atom is 0.269 e. The second-order valence-electron chi connectivity index (χ2n) is 5.25. The second-order valence-corrected chi connectivity index (χ2v) is 5.25. The minimum atomic E-state index is -0.774. The minimum Gasteiger partial charge on any atom is -0.373 e. The van der Waals surface area contributed by atoms with Gasteiger partial charge in [0.15, 0.2) is 0 Å². The van der Waals surface area contributed by atoms with Crippen molar-refractivity contribution in [3.8, 4) is 0 Å². The van der Waals surface area contributed by atoms with Crippen LogP contribution in [0.3, 0.4) is 0 Å². The summed E-state index contributed by atoms with van der Waals surface area (Å²) in [7, 11) is 0. The summed E-state index contributed by atoms with van der Waals surface area (Å²) in [5.41, 5.74) is 0.731. The molecule has 1 N–H and O–H groups in total. The van der Waals surface area contributed by atoms with Crippen molar-refractivity contribution in [3.05, 3.63) is 64.5 Å². The van der Waals surface area contributed by atoms with Gasteiger partial charge in [-0.25, -0.2) is 9.29 Å². The third-order valence-electron chi connectivity index (χ3n) is 3.65. The number of nitrogens with one attached hydrogen (secondary N) is 1. The van der Waals surface area contributed by atoms with Gasteiger partial charge in [-0.15, -0.1) is 0 Å². The fraction of sp³-hybridized carbons (Fsp3) is 0.125. The van der Waals surface area contributed by atoms with Crippen LogP contribution < -0.4 is 10.2 Å². The van der Waals surface area contributed by atoms with Crippen molar-refractivity contribution in [2.45, 2.75) is 12.5 Å². The Labute approximate surface area is 135 Å². The molecule has 7 nitrogen and oxygen atoms in total. The Bertz CT molecular complexity index is 805. The van der Waals surface area contributed by atoms with Gasteiger partial charge in [-0.1, -0.05) is 0 Å². The number of non-ortho nitro benzene ring substituents is 1. The summed E-state index contributed by atoms with van der Waals surface area (Å²) in [6.07, 6.45) is -0.0484. The van der Waals surface area contributed by atoms with Crippen molar-refractivity contribution >= 4 is 28.9 Å². The summed E-state index contributed by atoms with van der Waals surface area (Å²) in [4.78, 5) is 35.6. The van der Waals surface area contributed by atoms with Gasteiger partial charge in [-0.05, 0) is 36.4 Å². The van der Waals surface area contributed by atoms with E-state index in [9.17, 15) is 24.1 Å². The number of carbonyl (C=O) groups is 2. The number of hydrogen-bond acceptors (Lipinski definition) is 5. The summed E-state index contributed by atoms with van der Waals surface area (Å²) in [5.74, 6) is -1.31. The van der Waals surface area contributed by atoms with Crippen LogP contribution in [-0.2, 0) is 9.59 Å². The van der Waals surface area contributed by atoms with E-state index in [1.165, 1.54) is 48.5 Å². The van der Waals surface area contributed by atoms with Crippen LogP contribution in [-0.4, -0.2) is 22.8 Å². The normalized spacial score (nSPS) is 17.2. The topological polar surface area (TPSA) is 92.5 Å². The zero-order valence-electron chi connectivity index (χ0n) is 12.3. The summed E-state index contributed by atoms with van der Waals surface area (Å²) >= 11 is 0. The van der Waals surface area contributed by atoms with Crippen LogP contribution in [0, 0.1) is 15.9 Å². The van der Waals surface area contributed by atoms with E-state index in [1.54, 1.807) is 0 Å². The molecule has 1 aliphatic heterocycles. The van der Waals surface area contributed by atoms with Crippen molar-refractivity contribution in [2.75, 3.05) is 10.2 Å². The molecule has 0 radical (unpaired) electrons. The lowest BCUT2D eigenvalue weighted by atomic mass is 10.2. The monoisotopic (exact) mass is 329 g/mol. The Morgan fingerprint density at radius 3 is 2.29 bits per heavy atom. The summed E-state index contributed by atoms with van der Waals surface area (Å²) in [6, 6.07) is 9.85. The molecule has 8 heteroatoms. The highest BCUT2D eigenvalue weighted by Gasteiger charge is 2.39. The second kappa shape index (κ2) is 6.07. The smallest absolute Gasteiger partial charge is 0.269 e. The Balaban J connectivity index is 1.76. The number of imide groups is 1. The van der Waals surface area contributed by atoms with Crippen LogP contribution in [0.2, 0.25) is 0 Å². The first-order valence-corrected chi connectivity index (χ1v) is 7.09. The molecule has 1 atom stereocenters. The molecule has 2 aromatic carbocycles. The van der Waals surface area contributed by atoms with Crippen LogP contribution in [0.25, 0.3) is 0 Å². The molecule has 1 aliphatic rings. The molecule has 1 saturated heterocycles. The van der Waals surface area contributed by atoms with Crippen LogP contribution in [0.1, 0.15) is 6.42 Å². The lowest BCUT2D eigenvalue weighted by Gasteiger charge is -2.16. The summed E-state index contributed by atoms with van der Waals surface area (Å²) in [5, 5.41) is 13.5. The van der Waals surface area contributed by atoms with Gasteiger partial charge in [0.05, 0.1) is 17.0 Å². The number of anilines is 2. The number of nitrogens with zero attached hydrogens (tertiary/aromatic N) is 2. The van der Waals surface area contributed by atoms with Crippen molar-refractivity contribution < 1.29 is 18.9 Å². The molecule has 0 bridgehead atoms. The van der Waals surface area contributed by atoms with E-state index in [2.05, 4.69) is 5.32 Å². The first-order chi connectivity index (χ1) is 11.5. The molecule has 122 valence electrons. The molecule has 0 aliphatic carbocycles. The van der Waals surface area contributed by atoms with E-state index in [0.717, 1.165) is 4.90 Å². The molecule has 1 fully saturated rings. The molecule has 0 spiro atoms. The van der Waals surface area contributed by atoms with E-state index in [4.69, 9.17) is 0 Å². The van der Waals surface area contributed by atoms with Gasteiger partial charge in [-0.3, -0.25) is 19.7 Å². The number of hydrogen-bond donors (Lipinski definition) is 1. The number of halogens is 1. The number of rotatable bonds is 4. The zero-order valence-corrected chi connectivity index (χ0v) is 12.3. The van der Waals surface area contributed by atoms with Gasteiger partial charge in [0.25, 0.3) is 11.6 Å². The SMILES string of the molecule is O=C1CC(Nc2ccc([N+](=O)[O-])cc2)C(=O)N1c1ccc(F)cc1. The Kier molecular flexibility index (Phi) is 3.95. The minimum absolute atomic E-state index is 0.0484. The van der Waals surface area contributed by atoms with Crippen LogP contribution >= 0.6 is 0 Å². The van der Waals surface area contributed by atoms with Crippen LogP contribution in [0.4, 0.5) is 21.5 Å². The highest BCUT2D eigenvalue weighted by atomic mass is 19.1. The van der Waals surface area contributed by atoms with Crippen molar-refractivity contribution in [2.24, 2.45) is 0 Å². The maximum atomic E-state index is 13.0. The van der Waals surface area contributed by atoms with E-state index in [1.807, 2.05) is 0 Å². The van der Waals surface area contributed by atoms with Gasteiger partial charge < -0.3 is 5.32 Å². The molecule has 0 aromatic heterocycles. The van der Waals surface area contributed by atoms with E-state index >= 15 is 0 Å². The Hall–Kier alpha value is -3.29. The predicted molar refractivity (Wildman–Crippen MR) is 84.0 cm³/mol. The lowest BCUT2D eigenvalue weighted by molar-refractivity contribution is -0.384. The highest BCUT2D eigenvalue weighted by Crippen LogP contribution is 2.25. The molecule has 1 unspecified atom stereocenters. The standard InChI is InChI=1S/C16H12FN3O4/c17-10-1-5-12(6-2-10)19-15(21)9-14(16(19)22)18-11-3-7-13(8-4-11)20(23)24/h1-8,14,18H,9H2. The third kappa shape index (κ3) is 2.94. The predicted octanol–water partition coefficient (Wildman–Crippen LogP) is 2.48. The van der Waals surface area contributed by atoms with Gasteiger partial charge in [0, 0.05) is 17.8 Å². The van der Waals surface area contributed by atoms with Crippen molar-refractivity contribution in [1.29, 1.82) is 0 Å². The van der Waals surface area contributed by atoms with E-state index in [0.29, 0.717) is 11.4 Å². The summed E-state index contributed by atoms with van der Waals surface area (Å²) < 4.78 is 13.0. The molecule has 0 saturated carbocycles. The van der Waals surface area contributed by atoms with Crippen LogP contribution in [0.5, 0.6) is 0 Å². The van der Waals surface area contributed by atoms with Gasteiger partial charge in [-0.2, -0.15) is 0 Å². The third-order valence-corrected chi connectivity index (χ3v) is 3.65. The maximum absolute atomic E-state index is 13.0. The highest BCUT2D eigenvalue weighted by molar-refractivity contribution is 6.23. The average molecular weight is 329 g/mol. The van der Waals surface area contributed by atoms with Gasteiger partial charge in [0.1, 0.15) is 11.9 Å². The largest absolute Gasteiger partial charge is 0.373 e. The first-order valence-electron chi connectivity index (χ1n) is 7.09. The Morgan fingerprint density at radius 1 is 1.08 bits per heavy atom. The van der Waals surface area contributed by atoms with Crippen molar-refractivity contribution in [1.82, 2.24) is 0 Å². The number of amides is 2. The molecule has 24 heavy (non-hydrogen) atoms. The number of benzene rings is 2. The van der Waals surface area contributed by atoms with Gasteiger partial charge in [0.2, 0.25) is 5.91 Å². The molecule has 3 rings (SSSR count). The molecule has 2 amide bonds. The number of nitro groups is 1. The Morgan fingerprint density at radius 2 is 1.71 bits per heavy atom. The molecular weight excluding hydrogens is 317 g/mol. The first kappa shape index (κ1) is 15.6. The fourth-order valence-electron chi connectivity index (χ4n) is 2.49. The van der Waals surface area contributed by atoms with Crippen LogP contribution in [0.15, 0.2) is 48.5 Å². The zero-order chi connectivity index (χ0) is 17.3. The fourth-order valence-corrected chi connectivity index (χ4v) is 2.49. The summed E-state index contributed by atoms with van der Waals surface area (Å²) in [6.45, 7) is 0. The molecule has 1 heterocycles. The van der Waals surface area contributed by atoms with Crippen molar-refractivity contribution in [3.63, 3.8) is 0 Å². The molecular formula is C16H12FN3O4. The molecule has 2 aromatic rings. The van der Waals surface area contributed by atoms with E-state index in [-0.39, 0.29) is 12.1 Å². The average Bonchev–Trinajstić information content (AvgIpc) is 2.83. The lowest BCUT2D eigenvalue weighted by Crippen LogP contribution is -2.34. The number of carbonyl (C=O) groups excluding carboxylic acids is 2. The quantitative estimate of drug-likeness (QED) is 0.528. The number of nitro benzene ring substituents is 1. The van der Waals surface area contributed by atoms with E-state index < -0.39 is 28.6 Å². The van der Waals surface area contributed by atoms with Gasteiger partial charge >= 0.3 is 0 Å².